The van der Waals surface area contributed by atoms with Gasteiger partial charge in [0, 0.05) is 11.4 Å². The van der Waals surface area contributed by atoms with Gasteiger partial charge >= 0.3 is 5.97 Å². The SMILES string of the molecule is CCCCCCCCCC(=O)NCC(=O)NN=Cc1ccc(OC(=O)c2ccc(Cl)cc2)c(OC)c1. The van der Waals surface area contributed by atoms with Crippen LogP contribution in [0.2, 0.25) is 5.02 Å². The molecule has 0 saturated heterocycles. The van der Waals surface area contributed by atoms with E-state index in [4.69, 9.17) is 21.1 Å². The van der Waals surface area contributed by atoms with Crippen LogP contribution in [0, 0.1) is 0 Å². The zero-order valence-corrected chi connectivity index (χ0v) is 21.6. The number of nitrogens with one attached hydrogen (secondary N) is 2. The lowest BCUT2D eigenvalue weighted by atomic mass is 10.1. The lowest BCUT2D eigenvalue weighted by Gasteiger charge is -2.10. The van der Waals surface area contributed by atoms with Crippen molar-refractivity contribution in [2.75, 3.05) is 13.7 Å². The molecule has 2 N–H and O–H groups in total. The summed E-state index contributed by atoms with van der Waals surface area (Å²) < 4.78 is 10.7. The first-order chi connectivity index (χ1) is 17.4. The van der Waals surface area contributed by atoms with Gasteiger partial charge in [0.2, 0.25) is 5.91 Å². The minimum Gasteiger partial charge on any atom is -0.493 e. The van der Waals surface area contributed by atoms with E-state index in [1.54, 1.807) is 42.5 Å². The predicted octanol–water partition coefficient (Wildman–Crippen LogP) is 5.27. The van der Waals surface area contributed by atoms with Gasteiger partial charge in [-0.05, 0) is 54.4 Å². The highest BCUT2D eigenvalue weighted by Crippen LogP contribution is 2.28. The highest BCUT2D eigenvalue weighted by Gasteiger charge is 2.13. The second kappa shape index (κ2) is 16.3. The van der Waals surface area contributed by atoms with Crippen LogP contribution in [0.5, 0.6) is 11.5 Å². The number of hydrogen-bond donors (Lipinski definition) is 2. The van der Waals surface area contributed by atoms with Gasteiger partial charge in [0.15, 0.2) is 11.5 Å². The van der Waals surface area contributed by atoms with Gasteiger partial charge in [0.05, 0.1) is 25.4 Å². The summed E-state index contributed by atoms with van der Waals surface area (Å²) >= 11 is 5.84. The lowest BCUT2D eigenvalue weighted by Crippen LogP contribution is -2.34. The van der Waals surface area contributed by atoms with Gasteiger partial charge in [-0.15, -0.1) is 0 Å². The molecule has 194 valence electrons. The minimum absolute atomic E-state index is 0.142. The minimum atomic E-state index is -0.548. The first kappa shape index (κ1) is 28.8. The molecular formula is C27H34ClN3O5. The zero-order valence-electron chi connectivity index (χ0n) is 20.8. The van der Waals surface area contributed by atoms with Crippen LogP contribution >= 0.6 is 11.6 Å². The van der Waals surface area contributed by atoms with Crippen molar-refractivity contribution in [3.8, 4) is 11.5 Å². The molecular weight excluding hydrogens is 482 g/mol. The number of halogens is 1. The first-order valence-corrected chi connectivity index (χ1v) is 12.5. The Balaban J connectivity index is 1.74. The molecule has 8 nitrogen and oxygen atoms in total. The summed E-state index contributed by atoms with van der Waals surface area (Å²) in [4.78, 5) is 36.1. The highest BCUT2D eigenvalue weighted by molar-refractivity contribution is 6.30. The van der Waals surface area contributed by atoms with E-state index in [0.717, 1.165) is 19.3 Å². The maximum absolute atomic E-state index is 12.3. The average molecular weight is 516 g/mol. The van der Waals surface area contributed by atoms with Crippen molar-refractivity contribution in [1.29, 1.82) is 0 Å². The highest BCUT2D eigenvalue weighted by atomic mass is 35.5. The van der Waals surface area contributed by atoms with Gasteiger partial charge in [-0.25, -0.2) is 10.2 Å². The summed E-state index contributed by atoms with van der Waals surface area (Å²) in [6, 6.07) is 11.2. The predicted molar refractivity (Wildman–Crippen MR) is 141 cm³/mol. The van der Waals surface area contributed by atoms with Crippen molar-refractivity contribution in [1.82, 2.24) is 10.7 Å². The summed E-state index contributed by atoms with van der Waals surface area (Å²) in [5.41, 5.74) is 3.34. The maximum Gasteiger partial charge on any atom is 0.343 e. The normalized spacial score (nSPS) is 10.8. The number of hydrogen-bond acceptors (Lipinski definition) is 6. The van der Waals surface area contributed by atoms with E-state index in [1.165, 1.54) is 39.0 Å². The van der Waals surface area contributed by atoms with Crippen molar-refractivity contribution in [2.45, 2.75) is 58.3 Å². The largest absolute Gasteiger partial charge is 0.493 e. The van der Waals surface area contributed by atoms with E-state index >= 15 is 0 Å². The standard InChI is InChI=1S/C27H34ClN3O5/c1-3-4-5-6-7-8-9-10-25(32)29-19-26(33)31-30-18-20-11-16-23(24(17-20)35-2)36-27(34)21-12-14-22(28)15-13-21/h11-18H,3-10,19H2,1-2H3,(H,29,32)(H,31,33). The fraction of sp³-hybridized carbons (Fsp3) is 0.407. The molecule has 0 atom stereocenters. The second-order valence-corrected chi connectivity index (χ2v) is 8.68. The van der Waals surface area contributed by atoms with Crippen molar-refractivity contribution in [2.24, 2.45) is 5.10 Å². The monoisotopic (exact) mass is 515 g/mol. The number of amides is 2. The lowest BCUT2D eigenvalue weighted by molar-refractivity contribution is -0.126. The van der Waals surface area contributed by atoms with Gasteiger partial charge < -0.3 is 14.8 Å². The van der Waals surface area contributed by atoms with Crippen molar-refractivity contribution in [3.63, 3.8) is 0 Å². The Bertz CT molecular complexity index is 1020. The number of benzene rings is 2. The molecule has 0 unspecified atom stereocenters. The van der Waals surface area contributed by atoms with Crippen LogP contribution in [-0.2, 0) is 9.59 Å². The Kier molecular flexibility index (Phi) is 13.1. The zero-order chi connectivity index (χ0) is 26.2. The van der Waals surface area contributed by atoms with Gasteiger partial charge in [0.25, 0.3) is 5.91 Å². The molecule has 0 aromatic heterocycles. The molecule has 36 heavy (non-hydrogen) atoms. The van der Waals surface area contributed by atoms with Crippen LogP contribution in [0.4, 0.5) is 0 Å². The summed E-state index contributed by atoms with van der Waals surface area (Å²) in [7, 11) is 1.45. The third-order valence-corrected chi connectivity index (χ3v) is 5.58. The molecule has 0 aliphatic carbocycles. The number of rotatable bonds is 15. The maximum atomic E-state index is 12.3. The number of ether oxygens (including phenoxy) is 2. The van der Waals surface area contributed by atoms with Gasteiger partial charge in [-0.3, -0.25) is 9.59 Å². The van der Waals surface area contributed by atoms with Gasteiger partial charge in [0.1, 0.15) is 0 Å². The molecule has 2 aromatic carbocycles. The molecule has 0 aliphatic heterocycles. The number of methoxy groups -OCH3 is 1. The number of carbonyl (C=O) groups is 3. The summed E-state index contributed by atoms with van der Waals surface area (Å²) in [6.45, 7) is 2.04. The van der Waals surface area contributed by atoms with Crippen LogP contribution in [0.15, 0.2) is 47.6 Å². The van der Waals surface area contributed by atoms with Crippen LogP contribution in [-0.4, -0.2) is 37.7 Å². The molecule has 0 heterocycles. The number of nitrogens with zero attached hydrogens (tertiary/aromatic N) is 1. The topological polar surface area (TPSA) is 106 Å². The second-order valence-electron chi connectivity index (χ2n) is 8.25. The van der Waals surface area contributed by atoms with Crippen molar-refractivity contribution in [3.05, 3.63) is 58.6 Å². The van der Waals surface area contributed by atoms with Crippen molar-refractivity contribution < 1.29 is 23.9 Å². The summed E-state index contributed by atoms with van der Waals surface area (Å²) in [6.07, 6.45) is 9.76. The quantitative estimate of drug-likeness (QED) is 0.110. The third kappa shape index (κ3) is 10.9. The molecule has 0 radical (unpaired) electrons. The molecule has 0 bridgehead atoms. The molecule has 2 rings (SSSR count). The fourth-order valence-corrected chi connectivity index (χ4v) is 3.45. The molecule has 0 spiro atoms. The summed E-state index contributed by atoms with van der Waals surface area (Å²) in [5, 5.41) is 7.02. The van der Waals surface area contributed by atoms with E-state index in [1.807, 2.05) is 0 Å². The molecule has 0 aliphatic rings. The summed E-state index contributed by atoms with van der Waals surface area (Å²) in [5.74, 6) is -0.559. The molecule has 9 heteroatoms. The van der Waals surface area contributed by atoms with E-state index in [-0.39, 0.29) is 18.2 Å². The molecule has 2 amide bonds. The van der Waals surface area contributed by atoms with Crippen molar-refractivity contribution >= 4 is 35.6 Å². The molecule has 0 fully saturated rings. The number of esters is 1. The average Bonchev–Trinajstić information content (AvgIpc) is 2.88. The van der Waals surface area contributed by atoms with Crippen LogP contribution in [0.3, 0.4) is 0 Å². The van der Waals surface area contributed by atoms with E-state index < -0.39 is 11.9 Å². The van der Waals surface area contributed by atoms with Crippen LogP contribution in [0.25, 0.3) is 0 Å². The Morgan fingerprint density at radius 3 is 2.31 bits per heavy atom. The first-order valence-electron chi connectivity index (χ1n) is 12.2. The van der Waals surface area contributed by atoms with Gasteiger partial charge in [-0.1, -0.05) is 57.0 Å². The van der Waals surface area contributed by atoms with E-state index in [9.17, 15) is 14.4 Å². The van der Waals surface area contributed by atoms with Gasteiger partial charge in [-0.2, -0.15) is 5.10 Å². The Morgan fingerprint density at radius 1 is 0.917 bits per heavy atom. The Hall–Kier alpha value is -3.39. The van der Waals surface area contributed by atoms with E-state index in [0.29, 0.717) is 28.3 Å². The Labute approximate surface area is 217 Å². The van der Waals surface area contributed by atoms with Crippen LogP contribution < -0.4 is 20.2 Å². The number of carbonyl (C=O) groups excluding carboxylic acids is 3. The number of unbranched alkanes of at least 4 members (excludes halogenated alkanes) is 6. The molecule has 0 saturated carbocycles. The van der Waals surface area contributed by atoms with E-state index in [2.05, 4.69) is 22.8 Å². The van der Waals surface area contributed by atoms with Crippen LogP contribution in [0.1, 0.15) is 74.2 Å². The Morgan fingerprint density at radius 2 is 1.61 bits per heavy atom. The fourth-order valence-electron chi connectivity index (χ4n) is 3.32. The molecule has 2 aromatic rings. The number of hydrazone groups is 1. The third-order valence-electron chi connectivity index (χ3n) is 5.33. The smallest absolute Gasteiger partial charge is 0.343 e.